The lowest BCUT2D eigenvalue weighted by atomic mass is 9.96. The molecule has 4 N–H and O–H groups in total. The van der Waals surface area contributed by atoms with Crippen molar-refractivity contribution in [2.45, 2.75) is 70.6 Å². The van der Waals surface area contributed by atoms with Crippen LogP contribution in [-0.2, 0) is 4.79 Å². The number of nitrogens with one attached hydrogen (secondary N) is 2. The first-order valence-corrected chi connectivity index (χ1v) is 11.1. The zero-order valence-corrected chi connectivity index (χ0v) is 17.3. The number of likely N-dealkylation sites (tertiary alicyclic amines) is 1. The Balaban J connectivity index is 1.42. The molecule has 27 heavy (non-hydrogen) atoms. The van der Waals surface area contributed by atoms with E-state index >= 15 is 0 Å². The fourth-order valence-electron chi connectivity index (χ4n) is 4.39. The van der Waals surface area contributed by atoms with E-state index in [1.165, 1.54) is 51.4 Å². The fourth-order valence-corrected chi connectivity index (χ4v) is 4.39. The van der Waals surface area contributed by atoms with E-state index in [1.54, 1.807) is 0 Å². The quantitative estimate of drug-likeness (QED) is 0.293. The Labute approximate surface area is 165 Å². The molecule has 0 spiro atoms. The molecule has 0 aromatic rings. The predicted molar refractivity (Wildman–Crippen MR) is 113 cm³/mol. The number of carbonyl (C=O) groups is 1. The van der Waals surface area contributed by atoms with Crippen LogP contribution in [0.15, 0.2) is 4.99 Å². The summed E-state index contributed by atoms with van der Waals surface area (Å²) in [5.74, 6) is 1.90. The van der Waals surface area contributed by atoms with Crippen molar-refractivity contribution in [3.63, 3.8) is 0 Å². The first kappa shape index (κ1) is 22.0. The maximum Gasteiger partial charge on any atom is 0.220 e. The molecule has 6 nitrogen and oxygen atoms in total. The largest absolute Gasteiger partial charge is 0.369 e. The van der Waals surface area contributed by atoms with Crippen LogP contribution in [0.4, 0.5) is 0 Å². The number of amides is 1. The van der Waals surface area contributed by atoms with Gasteiger partial charge in [-0.25, -0.2) is 0 Å². The topological polar surface area (TPSA) is 82.8 Å². The highest BCUT2D eigenvalue weighted by Crippen LogP contribution is 2.28. The standard InChI is InChI=1S/C21H41N5O/c1-23-21(24-13-5-4-10-18-8-2-3-9-18)25-14-6-7-15-26-16-11-19(12-17-26)20(22)27/h18-19H,2-17H2,1H3,(H2,22,27)(H2,23,24,25). The molecule has 156 valence electrons. The maximum atomic E-state index is 11.2. The molecule has 0 radical (unpaired) electrons. The SMILES string of the molecule is CN=C(NCCCCC1CCCC1)NCCCCN1CCC(C(N)=O)CC1. The number of nitrogens with two attached hydrogens (primary N) is 1. The Morgan fingerprint density at radius 3 is 2.22 bits per heavy atom. The van der Waals surface area contributed by atoms with E-state index in [4.69, 9.17) is 5.73 Å². The number of primary amides is 1. The molecule has 0 aromatic carbocycles. The van der Waals surface area contributed by atoms with E-state index in [2.05, 4.69) is 20.5 Å². The summed E-state index contributed by atoms with van der Waals surface area (Å²) in [6, 6.07) is 0. The molecule has 1 aliphatic heterocycles. The predicted octanol–water partition coefficient (Wildman–Crippen LogP) is 2.49. The molecule has 0 unspecified atom stereocenters. The van der Waals surface area contributed by atoms with Crippen molar-refractivity contribution in [1.29, 1.82) is 0 Å². The van der Waals surface area contributed by atoms with Gasteiger partial charge in [0.1, 0.15) is 0 Å². The van der Waals surface area contributed by atoms with Gasteiger partial charge in [-0.05, 0) is 57.7 Å². The van der Waals surface area contributed by atoms with Crippen molar-refractivity contribution in [3.05, 3.63) is 0 Å². The lowest BCUT2D eigenvalue weighted by Gasteiger charge is -2.30. The van der Waals surface area contributed by atoms with Crippen molar-refractivity contribution < 1.29 is 4.79 Å². The van der Waals surface area contributed by atoms with Crippen LogP contribution in [0.3, 0.4) is 0 Å². The van der Waals surface area contributed by atoms with Crippen LogP contribution in [0.1, 0.15) is 70.6 Å². The van der Waals surface area contributed by atoms with E-state index in [0.29, 0.717) is 0 Å². The molecule has 0 aromatic heterocycles. The van der Waals surface area contributed by atoms with Crippen LogP contribution >= 0.6 is 0 Å². The van der Waals surface area contributed by atoms with Crippen LogP contribution in [0.25, 0.3) is 0 Å². The number of nitrogens with zero attached hydrogens (tertiary/aromatic N) is 2. The van der Waals surface area contributed by atoms with Crippen molar-refractivity contribution in [2.75, 3.05) is 39.8 Å². The molecule has 2 fully saturated rings. The Kier molecular flexibility index (Phi) is 10.6. The minimum Gasteiger partial charge on any atom is -0.369 e. The van der Waals surface area contributed by atoms with Gasteiger partial charge in [-0.15, -0.1) is 0 Å². The first-order chi connectivity index (χ1) is 13.2. The number of rotatable bonds is 11. The van der Waals surface area contributed by atoms with Crippen molar-refractivity contribution in [2.24, 2.45) is 22.6 Å². The third-order valence-corrected chi connectivity index (χ3v) is 6.21. The monoisotopic (exact) mass is 379 g/mol. The molecule has 1 heterocycles. The third kappa shape index (κ3) is 8.96. The van der Waals surface area contributed by atoms with E-state index in [-0.39, 0.29) is 11.8 Å². The van der Waals surface area contributed by atoms with Crippen LogP contribution < -0.4 is 16.4 Å². The van der Waals surface area contributed by atoms with Crippen LogP contribution in [0, 0.1) is 11.8 Å². The number of carbonyl (C=O) groups excluding carboxylic acids is 1. The first-order valence-electron chi connectivity index (χ1n) is 11.1. The second-order valence-electron chi connectivity index (χ2n) is 8.30. The number of piperidine rings is 1. The van der Waals surface area contributed by atoms with Gasteiger partial charge in [0, 0.05) is 26.1 Å². The van der Waals surface area contributed by atoms with Crippen molar-refractivity contribution in [3.8, 4) is 0 Å². The fraction of sp³-hybridized carbons (Fsp3) is 0.905. The summed E-state index contributed by atoms with van der Waals surface area (Å²) in [5, 5.41) is 6.86. The van der Waals surface area contributed by atoms with Gasteiger partial charge in [-0.2, -0.15) is 0 Å². The van der Waals surface area contributed by atoms with Gasteiger partial charge in [0.15, 0.2) is 5.96 Å². The minimum atomic E-state index is -0.128. The van der Waals surface area contributed by atoms with Crippen molar-refractivity contribution >= 4 is 11.9 Å². The number of aliphatic imine (C=N–C) groups is 1. The van der Waals surface area contributed by atoms with Crippen LogP contribution in [0.2, 0.25) is 0 Å². The molecule has 1 saturated heterocycles. The molecule has 0 atom stereocenters. The highest BCUT2D eigenvalue weighted by molar-refractivity contribution is 5.79. The molecular formula is C21H41N5O. The summed E-state index contributed by atoms with van der Waals surface area (Å²) in [5.41, 5.74) is 5.39. The second kappa shape index (κ2) is 13.0. The third-order valence-electron chi connectivity index (χ3n) is 6.21. The lowest BCUT2D eigenvalue weighted by Crippen LogP contribution is -2.40. The zero-order valence-electron chi connectivity index (χ0n) is 17.3. The van der Waals surface area contributed by atoms with E-state index in [9.17, 15) is 4.79 Å². The summed E-state index contributed by atoms with van der Waals surface area (Å²) in [4.78, 5) is 18.0. The maximum absolute atomic E-state index is 11.2. The number of hydrogen-bond acceptors (Lipinski definition) is 3. The summed E-state index contributed by atoms with van der Waals surface area (Å²) >= 11 is 0. The molecule has 1 aliphatic carbocycles. The van der Waals surface area contributed by atoms with Gasteiger partial charge in [-0.3, -0.25) is 9.79 Å². The average molecular weight is 380 g/mol. The molecule has 2 aliphatic rings. The van der Waals surface area contributed by atoms with Crippen LogP contribution in [0.5, 0.6) is 0 Å². The molecule has 1 amide bonds. The summed E-state index contributed by atoms with van der Waals surface area (Å²) in [6.07, 6.45) is 13.9. The highest BCUT2D eigenvalue weighted by Gasteiger charge is 2.22. The smallest absolute Gasteiger partial charge is 0.220 e. The van der Waals surface area contributed by atoms with Gasteiger partial charge in [0.05, 0.1) is 0 Å². The minimum absolute atomic E-state index is 0.0930. The van der Waals surface area contributed by atoms with E-state index in [1.807, 2.05) is 7.05 Å². The van der Waals surface area contributed by atoms with E-state index < -0.39 is 0 Å². The van der Waals surface area contributed by atoms with E-state index in [0.717, 1.165) is 63.9 Å². The van der Waals surface area contributed by atoms with Crippen LogP contribution in [-0.4, -0.2) is 56.5 Å². The summed E-state index contributed by atoms with van der Waals surface area (Å²) < 4.78 is 0. The summed E-state index contributed by atoms with van der Waals surface area (Å²) in [7, 11) is 1.84. The number of guanidine groups is 1. The van der Waals surface area contributed by atoms with Gasteiger partial charge < -0.3 is 21.3 Å². The Morgan fingerprint density at radius 2 is 1.63 bits per heavy atom. The molecule has 1 saturated carbocycles. The average Bonchev–Trinajstić information content (AvgIpc) is 3.19. The molecular weight excluding hydrogens is 338 g/mol. The highest BCUT2D eigenvalue weighted by atomic mass is 16.1. The second-order valence-corrected chi connectivity index (χ2v) is 8.30. The Hall–Kier alpha value is -1.30. The molecule has 0 bridgehead atoms. The number of hydrogen-bond donors (Lipinski definition) is 3. The van der Waals surface area contributed by atoms with Gasteiger partial charge in [0.2, 0.25) is 5.91 Å². The lowest BCUT2D eigenvalue weighted by molar-refractivity contribution is -0.123. The summed E-state index contributed by atoms with van der Waals surface area (Å²) in [6.45, 7) is 5.09. The molecule has 6 heteroatoms. The van der Waals surface area contributed by atoms with Gasteiger partial charge in [0.25, 0.3) is 0 Å². The van der Waals surface area contributed by atoms with Gasteiger partial charge in [-0.1, -0.05) is 38.5 Å². The normalized spacial score (nSPS) is 20.1. The van der Waals surface area contributed by atoms with Crippen molar-refractivity contribution in [1.82, 2.24) is 15.5 Å². The Morgan fingerprint density at radius 1 is 1.00 bits per heavy atom. The number of unbranched alkanes of at least 4 members (excludes halogenated alkanes) is 2. The Bertz CT molecular complexity index is 440. The zero-order chi connectivity index (χ0) is 19.3. The molecule has 2 rings (SSSR count). The van der Waals surface area contributed by atoms with Gasteiger partial charge >= 0.3 is 0 Å².